The minimum atomic E-state index is -1.05. The van der Waals surface area contributed by atoms with Gasteiger partial charge in [-0.25, -0.2) is 19.2 Å². The molecular weight excluding hydrogens is 497 g/mol. The number of aromatic nitrogens is 1. The summed E-state index contributed by atoms with van der Waals surface area (Å²) < 4.78 is 13.2. The van der Waals surface area contributed by atoms with Gasteiger partial charge in [0.15, 0.2) is 5.17 Å². The second-order valence-corrected chi connectivity index (χ2v) is 9.74. The van der Waals surface area contributed by atoms with Gasteiger partial charge in [-0.1, -0.05) is 42.1 Å². The highest BCUT2D eigenvalue weighted by Gasteiger charge is 2.51. The highest BCUT2D eigenvalue weighted by molar-refractivity contribution is 8.13. The third kappa shape index (κ3) is 5.03. The predicted octanol–water partition coefficient (Wildman–Crippen LogP) is 3.81. The summed E-state index contributed by atoms with van der Waals surface area (Å²) in [6, 6.07) is 18.2. The largest absolute Gasteiger partial charge is 0.465 e. The normalized spacial score (nSPS) is 20.5. The number of anilines is 1. The van der Waals surface area contributed by atoms with E-state index in [1.54, 1.807) is 42.5 Å². The van der Waals surface area contributed by atoms with Crippen LogP contribution in [0.3, 0.4) is 0 Å². The van der Waals surface area contributed by atoms with Gasteiger partial charge in [0.05, 0.1) is 12.7 Å². The molecule has 188 valence electrons. The van der Waals surface area contributed by atoms with E-state index in [-0.39, 0.29) is 24.1 Å². The molecule has 11 heteroatoms. The van der Waals surface area contributed by atoms with Crippen LogP contribution in [-0.4, -0.2) is 56.9 Å². The number of halogens is 1. The summed E-state index contributed by atoms with van der Waals surface area (Å²) in [5.74, 6) is -0.954. The monoisotopic (exact) mass is 519 g/mol. The Balaban J connectivity index is 1.46. The quantitative estimate of drug-likeness (QED) is 0.482. The molecule has 37 heavy (non-hydrogen) atoms. The van der Waals surface area contributed by atoms with Crippen molar-refractivity contribution in [1.29, 1.82) is 0 Å². The van der Waals surface area contributed by atoms with E-state index in [9.17, 15) is 23.9 Å². The molecule has 0 bridgehead atoms. The maximum Gasteiger partial charge on any atom is 0.407 e. The Kier molecular flexibility index (Phi) is 6.62. The zero-order valence-corrected chi connectivity index (χ0v) is 20.2. The Morgan fingerprint density at radius 1 is 1.03 bits per heavy atom. The van der Waals surface area contributed by atoms with Crippen molar-refractivity contribution in [3.8, 4) is 0 Å². The van der Waals surface area contributed by atoms with E-state index in [0.29, 0.717) is 34.3 Å². The Bertz CT molecular complexity index is 1390. The van der Waals surface area contributed by atoms with Gasteiger partial charge in [0.1, 0.15) is 17.1 Å². The van der Waals surface area contributed by atoms with Gasteiger partial charge in [-0.2, -0.15) is 0 Å². The molecule has 0 radical (unpaired) electrons. The molecule has 0 aliphatic carbocycles. The number of fused-ring (bicyclic) bond motifs is 1. The van der Waals surface area contributed by atoms with Gasteiger partial charge in [-0.15, -0.1) is 0 Å². The average Bonchev–Trinajstić information content (AvgIpc) is 3.30. The summed E-state index contributed by atoms with van der Waals surface area (Å²) in [5, 5.41) is 15.7. The summed E-state index contributed by atoms with van der Waals surface area (Å²) in [6.07, 6.45) is -0.0798. The molecule has 5 rings (SSSR count). The number of rotatable bonds is 4. The summed E-state index contributed by atoms with van der Waals surface area (Å²) in [7, 11) is 0. The summed E-state index contributed by atoms with van der Waals surface area (Å²) in [6.45, 7) is 0.400. The van der Waals surface area contributed by atoms with Gasteiger partial charge in [0.25, 0.3) is 11.8 Å². The van der Waals surface area contributed by atoms with E-state index >= 15 is 0 Å². The van der Waals surface area contributed by atoms with Crippen LogP contribution in [0.5, 0.6) is 0 Å². The Labute approximate surface area is 215 Å². The number of amides is 3. The van der Waals surface area contributed by atoms with Crippen LogP contribution in [0.15, 0.2) is 77.9 Å². The fourth-order valence-corrected chi connectivity index (χ4v) is 5.68. The lowest BCUT2D eigenvalue weighted by atomic mass is 9.81. The first-order chi connectivity index (χ1) is 17.8. The fraction of sp³-hybridized carbons (Fsp3) is 0.192. The molecule has 0 spiro atoms. The average molecular weight is 520 g/mol. The van der Waals surface area contributed by atoms with Crippen molar-refractivity contribution in [2.24, 2.45) is 10.9 Å². The van der Waals surface area contributed by atoms with Gasteiger partial charge in [-0.3, -0.25) is 9.59 Å². The minimum absolute atomic E-state index is 0.0544. The summed E-state index contributed by atoms with van der Waals surface area (Å²) in [5.41, 5.74) is 0.757. The number of amidine groups is 1. The number of thioether (sulfide) groups is 1. The molecule has 2 atom stereocenters. The van der Waals surface area contributed by atoms with E-state index in [2.05, 4.69) is 15.6 Å². The molecule has 3 heterocycles. The van der Waals surface area contributed by atoms with Crippen molar-refractivity contribution >= 4 is 40.5 Å². The molecule has 1 fully saturated rings. The number of nitrogens with zero attached hydrogens (tertiary/aromatic N) is 3. The third-order valence-electron chi connectivity index (χ3n) is 6.38. The van der Waals surface area contributed by atoms with E-state index in [1.165, 1.54) is 22.7 Å². The first kappa shape index (κ1) is 24.4. The number of carboxylic acid groups (broad SMARTS) is 1. The second kappa shape index (κ2) is 10.0. The lowest BCUT2D eigenvalue weighted by molar-refractivity contribution is 0.0975. The number of aliphatic imine (C=N–C) groups is 1. The van der Waals surface area contributed by atoms with Crippen molar-refractivity contribution in [1.82, 2.24) is 15.2 Å². The molecule has 2 aliphatic rings. The van der Waals surface area contributed by atoms with Crippen molar-refractivity contribution < 1.29 is 23.9 Å². The number of nitrogens with one attached hydrogen (secondary N) is 2. The Morgan fingerprint density at radius 2 is 1.84 bits per heavy atom. The third-order valence-corrected chi connectivity index (χ3v) is 7.41. The number of hydrogen-bond acceptors (Lipinski definition) is 6. The molecule has 1 unspecified atom stereocenters. The van der Waals surface area contributed by atoms with Crippen molar-refractivity contribution in [2.45, 2.75) is 5.54 Å². The minimum Gasteiger partial charge on any atom is -0.465 e. The van der Waals surface area contributed by atoms with Crippen molar-refractivity contribution in [3.05, 3.63) is 95.6 Å². The number of likely N-dealkylation sites (tertiary alicyclic amines) is 1. The molecule has 1 aromatic heterocycles. The Hall–Kier alpha value is -4.25. The van der Waals surface area contributed by atoms with Crippen LogP contribution < -0.4 is 10.6 Å². The second-order valence-electron chi connectivity index (χ2n) is 8.73. The Morgan fingerprint density at radius 3 is 2.57 bits per heavy atom. The highest BCUT2D eigenvalue weighted by atomic mass is 32.2. The lowest BCUT2D eigenvalue weighted by Crippen LogP contribution is -2.42. The molecule has 3 N–H and O–H groups in total. The number of pyridine rings is 1. The van der Waals surface area contributed by atoms with Crippen molar-refractivity contribution in [3.63, 3.8) is 0 Å². The van der Waals surface area contributed by atoms with Crippen molar-refractivity contribution in [2.75, 3.05) is 24.2 Å². The molecule has 9 nitrogen and oxygen atoms in total. The lowest BCUT2D eigenvalue weighted by Gasteiger charge is -2.35. The van der Waals surface area contributed by atoms with E-state index in [4.69, 9.17) is 4.99 Å². The van der Waals surface area contributed by atoms with Gasteiger partial charge in [-0.05, 0) is 42.0 Å². The molecule has 2 aliphatic heterocycles. The van der Waals surface area contributed by atoms with Gasteiger partial charge in [0, 0.05) is 29.5 Å². The van der Waals surface area contributed by atoms with Crippen LogP contribution >= 0.6 is 11.8 Å². The van der Waals surface area contributed by atoms with E-state index < -0.39 is 23.4 Å². The number of hydrogen-bond donors (Lipinski definition) is 3. The highest BCUT2D eigenvalue weighted by Crippen LogP contribution is 2.46. The molecular formula is C26H22FN5O4S. The maximum atomic E-state index is 13.2. The summed E-state index contributed by atoms with van der Waals surface area (Å²) >= 11 is 1.37. The zero-order chi connectivity index (χ0) is 26.0. The first-order valence-electron chi connectivity index (χ1n) is 11.4. The van der Waals surface area contributed by atoms with Gasteiger partial charge < -0.3 is 20.6 Å². The molecule has 3 aromatic rings. The molecule has 1 saturated heterocycles. The zero-order valence-electron chi connectivity index (χ0n) is 19.4. The van der Waals surface area contributed by atoms with E-state index in [1.807, 2.05) is 12.1 Å². The fourth-order valence-electron chi connectivity index (χ4n) is 4.54. The smallest absolute Gasteiger partial charge is 0.407 e. The van der Waals surface area contributed by atoms with Gasteiger partial charge >= 0.3 is 6.09 Å². The SMILES string of the molecule is O=C(NC1=NC2(c3cccc(NC(=O)c4ccc(F)cn4)c3)CN(C(=O)O)C[C@H]2CS1)c1ccccc1. The van der Waals surface area contributed by atoms with Crippen LogP contribution in [0.25, 0.3) is 0 Å². The van der Waals surface area contributed by atoms with E-state index in [0.717, 1.165) is 12.3 Å². The molecule has 0 saturated carbocycles. The number of carbonyl (C=O) groups excluding carboxylic acids is 2. The van der Waals surface area contributed by atoms with Crippen LogP contribution in [0, 0.1) is 11.7 Å². The molecule has 3 amide bonds. The van der Waals surface area contributed by atoms with Crippen LogP contribution in [0.2, 0.25) is 0 Å². The maximum absolute atomic E-state index is 13.2. The predicted molar refractivity (Wildman–Crippen MR) is 137 cm³/mol. The van der Waals surface area contributed by atoms with Gasteiger partial charge in [0.2, 0.25) is 0 Å². The first-order valence-corrected chi connectivity index (χ1v) is 12.4. The summed E-state index contributed by atoms with van der Waals surface area (Å²) in [4.78, 5) is 47.3. The number of carbonyl (C=O) groups is 3. The molecule has 2 aromatic carbocycles. The van der Waals surface area contributed by atoms with Crippen LogP contribution in [0.1, 0.15) is 26.4 Å². The van der Waals surface area contributed by atoms with Crippen LogP contribution in [-0.2, 0) is 5.54 Å². The van der Waals surface area contributed by atoms with Crippen LogP contribution in [0.4, 0.5) is 14.9 Å². The topological polar surface area (TPSA) is 124 Å². The number of benzene rings is 2. The standard InChI is InChI=1S/C26H22FN5O4S/c27-19-9-10-21(28-12-19)23(34)29-20-8-4-7-17(11-20)26-15-32(25(35)36)13-18(26)14-37-24(31-26)30-22(33)16-5-2-1-3-6-16/h1-12,18H,13-15H2,(H,29,34)(H,35,36)(H,30,31,33)/t18-,26?/m0/s1.